The van der Waals surface area contributed by atoms with Gasteiger partial charge in [-0.15, -0.1) is 0 Å². The molecule has 0 aliphatic heterocycles. The number of carbonyl (C=O) groups excluding carboxylic acids is 2. The largest absolute Gasteiger partial charge is 2.00 e. The minimum Gasteiger partial charge on any atom is -0.665 e. The molecule has 0 unspecified atom stereocenters. The summed E-state index contributed by atoms with van der Waals surface area (Å²) in [5, 5.41) is 0. The molecule has 11 heavy (non-hydrogen) atoms. The molecule has 0 radical (unpaired) electrons. The molecule has 0 aliphatic carbocycles. The molecule has 0 aliphatic rings. The van der Waals surface area contributed by atoms with E-state index in [-0.39, 0.29) is 41.4 Å². The molecule has 0 aromatic heterocycles. The van der Waals surface area contributed by atoms with Crippen LogP contribution in [0.25, 0.3) is 11.5 Å². The molecule has 0 saturated carbocycles. The normalized spacial score (nSPS) is 6.73. The van der Waals surface area contributed by atoms with Gasteiger partial charge >= 0.3 is 28.3 Å². The predicted octanol–water partition coefficient (Wildman–Crippen LogP) is -1.00. The maximum absolute atomic E-state index is 7.87. The van der Waals surface area contributed by atoms with Gasteiger partial charge in [0.05, 0.1) is 0 Å². The molecule has 6 nitrogen and oxygen atoms in total. The third-order valence-electron chi connectivity index (χ3n) is 0.362. The van der Waals surface area contributed by atoms with Crippen molar-refractivity contribution in [1.29, 1.82) is 0 Å². The molecule has 0 saturated heterocycles. The van der Waals surface area contributed by atoms with Gasteiger partial charge in [-0.1, -0.05) is 0 Å². The molecule has 0 aromatic carbocycles. The van der Waals surface area contributed by atoms with Gasteiger partial charge in [0.2, 0.25) is 0 Å². The van der Waals surface area contributed by atoms with Crippen LogP contribution in [0.4, 0.5) is 0 Å². The molecule has 0 spiro atoms. The Balaban J connectivity index is -0.000000107. The number of primary amides is 2. The van der Waals surface area contributed by atoms with Gasteiger partial charge in [0.15, 0.2) is 0 Å². The van der Waals surface area contributed by atoms with Crippen LogP contribution >= 0.6 is 0 Å². The second kappa shape index (κ2) is 12.1. The Bertz CT molecular complexity index is 105. The van der Waals surface area contributed by atoms with Gasteiger partial charge in [-0.25, -0.2) is 0 Å². The van der Waals surface area contributed by atoms with Gasteiger partial charge in [-0.2, -0.15) is 0 Å². The van der Waals surface area contributed by atoms with Crippen molar-refractivity contribution in [2.45, 2.75) is 0 Å². The van der Waals surface area contributed by atoms with E-state index < -0.39 is 0 Å². The van der Waals surface area contributed by atoms with Crippen LogP contribution in [-0.4, -0.2) is 34.5 Å². The zero-order valence-electron chi connectivity index (χ0n) is 5.78. The van der Waals surface area contributed by atoms with Gasteiger partial charge in [0, 0.05) is 0 Å². The summed E-state index contributed by atoms with van der Waals surface area (Å²) in [6.45, 7) is -0.389. The predicted molar refractivity (Wildman–Crippen MR) is 40.6 cm³/mol. The molecule has 0 aromatic rings. The Morgan fingerprint density at radius 3 is 1.09 bits per heavy atom. The minimum atomic E-state index is -0.329. The topological polar surface area (TPSA) is 142 Å². The summed E-state index contributed by atoms with van der Waals surface area (Å²) in [4.78, 5) is 15.7. The van der Waals surface area contributed by atoms with Crippen molar-refractivity contribution in [3.8, 4) is 0 Å². The van der Waals surface area contributed by atoms with Crippen LogP contribution in [0, 0.1) is 0 Å². The smallest absolute Gasteiger partial charge is 0.665 e. The molecule has 2 amide bonds. The van der Waals surface area contributed by atoms with E-state index in [4.69, 9.17) is 21.1 Å². The Kier molecular flexibility index (Phi) is 18.4. The number of nitrogens with one attached hydrogen (secondary N) is 2. The van der Waals surface area contributed by atoms with Crippen molar-refractivity contribution in [3.05, 3.63) is 11.5 Å². The van der Waals surface area contributed by atoms with E-state index >= 15 is 0 Å². The van der Waals surface area contributed by atoms with Crippen LogP contribution in [-0.2, 0) is 16.5 Å². The van der Waals surface area contributed by atoms with Gasteiger partial charge in [0.1, 0.15) is 0 Å². The fourth-order valence-corrected chi connectivity index (χ4v) is 0. The first-order chi connectivity index (χ1) is 4.54. The fourth-order valence-electron chi connectivity index (χ4n) is 0. The van der Waals surface area contributed by atoms with E-state index in [2.05, 4.69) is 11.5 Å². The molecule has 68 valence electrons. The number of amides is 2. The quantitative estimate of drug-likeness (QED) is 0.422. The Morgan fingerprint density at radius 1 is 1.00 bits per heavy atom. The molecule has 0 heterocycles. The number of hydrogen-bond donors (Lipinski definition) is 2. The molecule has 0 rings (SSSR count). The SMILES string of the molecule is [NH-]CC(N)=[OH+].[NH-]CC(N)=[OH+].[Ni+2]. The second-order valence-corrected chi connectivity index (χ2v) is 1.34. The van der Waals surface area contributed by atoms with E-state index in [1.807, 2.05) is 0 Å². The zero-order valence-corrected chi connectivity index (χ0v) is 6.77. The summed E-state index contributed by atoms with van der Waals surface area (Å²) in [6, 6.07) is 0. The maximum Gasteiger partial charge on any atom is 2.00 e. The van der Waals surface area contributed by atoms with Gasteiger partial charge in [0.25, 0.3) is 0 Å². The summed E-state index contributed by atoms with van der Waals surface area (Å²) in [5.74, 6) is -0.657. The van der Waals surface area contributed by atoms with Crippen LogP contribution in [0.1, 0.15) is 0 Å². The molecule has 0 atom stereocenters. The van der Waals surface area contributed by atoms with Crippen molar-refractivity contribution >= 4 is 11.8 Å². The van der Waals surface area contributed by atoms with Crippen molar-refractivity contribution in [3.63, 3.8) is 0 Å². The third-order valence-corrected chi connectivity index (χ3v) is 0.362. The van der Waals surface area contributed by atoms with Crippen LogP contribution in [0.5, 0.6) is 0 Å². The Labute approximate surface area is 74.6 Å². The summed E-state index contributed by atoms with van der Waals surface area (Å²) >= 11 is 0. The average molecular weight is 207 g/mol. The summed E-state index contributed by atoms with van der Waals surface area (Å²) in [6.07, 6.45) is 0. The van der Waals surface area contributed by atoms with Crippen LogP contribution < -0.4 is 11.5 Å². The van der Waals surface area contributed by atoms with Crippen molar-refractivity contribution in [2.75, 3.05) is 13.1 Å². The first-order valence-corrected chi connectivity index (χ1v) is 2.44. The van der Waals surface area contributed by atoms with Gasteiger partial charge in [-0.3, -0.25) is 9.59 Å². The molecular formula is C4H12N4NiO2+2. The van der Waals surface area contributed by atoms with E-state index in [9.17, 15) is 0 Å². The molecular weight excluding hydrogens is 195 g/mol. The van der Waals surface area contributed by atoms with Gasteiger partial charge < -0.3 is 22.9 Å². The first-order valence-electron chi connectivity index (χ1n) is 2.44. The van der Waals surface area contributed by atoms with E-state index in [0.29, 0.717) is 0 Å². The number of rotatable bonds is 2. The van der Waals surface area contributed by atoms with Gasteiger partial charge in [-0.05, 0) is 13.1 Å². The minimum absolute atomic E-state index is 0. The summed E-state index contributed by atoms with van der Waals surface area (Å²) in [5.41, 5.74) is 21.6. The molecule has 0 bridgehead atoms. The van der Waals surface area contributed by atoms with Crippen molar-refractivity contribution < 1.29 is 26.1 Å². The average Bonchev–Trinajstić information content (AvgIpc) is 1.89. The first kappa shape index (κ1) is 16.8. The zero-order chi connectivity index (χ0) is 8.57. The monoisotopic (exact) mass is 206 g/mol. The van der Waals surface area contributed by atoms with E-state index in [1.54, 1.807) is 0 Å². The fraction of sp³-hybridized carbons (Fsp3) is 0.500. The Morgan fingerprint density at radius 2 is 1.09 bits per heavy atom. The van der Waals surface area contributed by atoms with Crippen LogP contribution in [0.15, 0.2) is 0 Å². The Hall–Kier alpha value is -0.646. The second-order valence-electron chi connectivity index (χ2n) is 1.34. The van der Waals surface area contributed by atoms with Crippen LogP contribution in [0.2, 0.25) is 0 Å². The molecule has 8 N–H and O–H groups in total. The molecule has 7 heteroatoms. The van der Waals surface area contributed by atoms with Crippen molar-refractivity contribution in [2.24, 2.45) is 11.5 Å². The summed E-state index contributed by atoms with van der Waals surface area (Å²) in [7, 11) is 0. The van der Waals surface area contributed by atoms with E-state index in [0.717, 1.165) is 0 Å². The van der Waals surface area contributed by atoms with E-state index in [1.165, 1.54) is 0 Å². The third kappa shape index (κ3) is 45.0. The number of hydrogen-bond acceptors (Lipinski definition) is 0. The maximum atomic E-state index is 7.87. The standard InChI is InChI=1S/2C2H5N2O.Ni/c2*3-1-2(4)5;/h2*3H,1H2,(H2,4,5);/q2*-1;+2/p+2. The van der Waals surface area contributed by atoms with Crippen LogP contribution in [0.3, 0.4) is 0 Å². The summed E-state index contributed by atoms with van der Waals surface area (Å²) < 4.78 is 0. The molecule has 0 fully saturated rings. The number of nitrogens with two attached hydrogens (primary N) is 2. The van der Waals surface area contributed by atoms with Crippen molar-refractivity contribution in [1.82, 2.24) is 0 Å².